The highest BCUT2D eigenvalue weighted by Gasteiger charge is 2.50. The van der Waals surface area contributed by atoms with Gasteiger partial charge in [0.05, 0.1) is 17.8 Å². The molecule has 4 atom stereocenters. The highest BCUT2D eigenvalue weighted by Crippen LogP contribution is 2.36. The Morgan fingerprint density at radius 2 is 1.77 bits per heavy atom. The SMILES string of the molecule is Cc1ccc(S(=O)(=O)OC[C@@H]2O[C@@H](n3cnc4c(NC=O)ncnc43)[C@@H](OC=O)[C@H]2OC=O)cc1. The highest BCUT2D eigenvalue weighted by molar-refractivity contribution is 7.86. The van der Waals surface area contributed by atoms with Gasteiger partial charge in [-0.1, -0.05) is 17.7 Å². The number of ether oxygens (including phenoxy) is 3. The molecule has 1 aliphatic rings. The molecule has 0 unspecified atom stereocenters. The number of hydrogen-bond acceptors (Lipinski definition) is 12. The van der Waals surface area contributed by atoms with E-state index in [0.29, 0.717) is 6.41 Å². The van der Waals surface area contributed by atoms with Gasteiger partial charge >= 0.3 is 0 Å². The van der Waals surface area contributed by atoms with Gasteiger partial charge in [0.15, 0.2) is 35.4 Å². The Balaban J connectivity index is 1.63. The van der Waals surface area contributed by atoms with E-state index in [1.165, 1.54) is 29.4 Å². The van der Waals surface area contributed by atoms with Crippen molar-refractivity contribution < 1.29 is 41.2 Å². The number of anilines is 1. The molecule has 0 spiro atoms. The summed E-state index contributed by atoms with van der Waals surface area (Å²) in [4.78, 5) is 45.4. The molecule has 2 aromatic heterocycles. The molecule has 14 nitrogen and oxygen atoms in total. The zero-order valence-corrected chi connectivity index (χ0v) is 18.9. The van der Waals surface area contributed by atoms with Crippen molar-refractivity contribution in [1.29, 1.82) is 0 Å². The smallest absolute Gasteiger partial charge is 0.297 e. The summed E-state index contributed by atoms with van der Waals surface area (Å²) in [5.74, 6) is 0.124. The number of fused-ring (bicyclic) bond motifs is 1. The molecule has 1 fully saturated rings. The predicted octanol–water partition coefficient (Wildman–Crippen LogP) is 0.0891. The van der Waals surface area contributed by atoms with Crippen LogP contribution in [0.15, 0.2) is 41.8 Å². The standard InChI is InChI=1S/C20H19N5O9S/c1-12-2-4-13(5-3-12)35(29,30)33-6-14-16(31-10-27)17(32-11-28)20(34-14)25-8-23-15-18(24-9-26)21-7-22-19(15)25/h2-5,7-11,14,16-17,20H,6H2,1H3,(H,21,22,24,26)/t14-,16-,17-,20+/m0/s1. The van der Waals surface area contributed by atoms with Crippen molar-refractivity contribution in [2.24, 2.45) is 0 Å². The molecular formula is C20H19N5O9S. The van der Waals surface area contributed by atoms with Crippen molar-refractivity contribution in [2.75, 3.05) is 11.9 Å². The molecule has 1 aliphatic heterocycles. The molecular weight excluding hydrogens is 486 g/mol. The summed E-state index contributed by atoms with van der Waals surface area (Å²) < 4.78 is 47.9. The summed E-state index contributed by atoms with van der Waals surface area (Å²) >= 11 is 0. The van der Waals surface area contributed by atoms with Gasteiger partial charge in [0.1, 0.15) is 12.4 Å². The van der Waals surface area contributed by atoms with Crippen molar-refractivity contribution >= 4 is 46.5 Å². The van der Waals surface area contributed by atoms with Crippen LogP contribution >= 0.6 is 0 Å². The van der Waals surface area contributed by atoms with Crippen LogP contribution in [0.1, 0.15) is 11.8 Å². The van der Waals surface area contributed by atoms with Gasteiger partial charge in [-0.25, -0.2) is 15.0 Å². The van der Waals surface area contributed by atoms with E-state index in [9.17, 15) is 22.8 Å². The molecule has 1 amide bonds. The van der Waals surface area contributed by atoms with Crippen molar-refractivity contribution in [1.82, 2.24) is 19.5 Å². The Labute approximate surface area is 198 Å². The average molecular weight is 505 g/mol. The van der Waals surface area contributed by atoms with E-state index >= 15 is 0 Å². The van der Waals surface area contributed by atoms with Crippen LogP contribution in [0.4, 0.5) is 5.82 Å². The van der Waals surface area contributed by atoms with E-state index in [0.717, 1.165) is 5.56 Å². The lowest BCUT2D eigenvalue weighted by Crippen LogP contribution is -2.38. The van der Waals surface area contributed by atoms with Crippen LogP contribution in [0.5, 0.6) is 0 Å². The van der Waals surface area contributed by atoms with Gasteiger partial charge in [-0.05, 0) is 19.1 Å². The maximum atomic E-state index is 12.6. The molecule has 0 bridgehead atoms. The fourth-order valence-corrected chi connectivity index (χ4v) is 4.55. The van der Waals surface area contributed by atoms with E-state index in [-0.39, 0.29) is 34.8 Å². The van der Waals surface area contributed by atoms with E-state index in [1.54, 1.807) is 19.1 Å². The first-order chi connectivity index (χ1) is 16.9. The maximum absolute atomic E-state index is 12.6. The molecule has 4 rings (SSSR count). The zero-order chi connectivity index (χ0) is 25.0. The second kappa shape index (κ2) is 10.1. The van der Waals surface area contributed by atoms with Crippen LogP contribution in [-0.2, 0) is 42.9 Å². The normalized spacial score (nSPS) is 22.0. The van der Waals surface area contributed by atoms with Gasteiger partial charge in [-0.3, -0.25) is 23.1 Å². The number of aryl methyl sites for hydroxylation is 1. The molecule has 0 saturated carbocycles. The molecule has 0 aliphatic carbocycles. The van der Waals surface area contributed by atoms with Crippen LogP contribution in [-0.4, -0.2) is 72.2 Å². The quantitative estimate of drug-likeness (QED) is 0.275. The van der Waals surface area contributed by atoms with E-state index in [2.05, 4.69) is 20.3 Å². The number of carbonyl (C=O) groups is 3. The van der Waals surface area contributed by atoms with Crippen LogP contribution in [0.3, 0.4) is 0 Å². The van der Waals surface area contributed by atoms with Crippen LogP contribution in [0.2, 0.25) is 0 Å². The molecule has 15 heteroatoms. The Morgan fingerprint density at radius 1 is 1.06 bits per heavy atom. The summed E-state index contributed by atoms with van der Waals surface area (Å²) in [7, 11) is -4.17. The van der Waals surface area contributed by atoms with Crippen LogP contribution in [0.25, 0.3) is 11.2 Å². The fraction of sp³-hybridized carbons (Fsp3) is 0.300. The molecule has 184 valence electrons. The lowest BCUT2D eigenvalue weighted by atomic mass is 10.1. The maximum Gasteiger partial charge on any atom is 0.297 e. The van der Waals surface area contributed by atoms with Gasteiger partial charge in [0, 0.05) is 0 Å². The third-order valence-electron chi connectivity index (χ3n) is 5.24. The molecule has 3 aromatic rings. The molecule has 1 saturated heterocycles. The topological polar surface area (TPSA) is 178 Å². The minimum absolute atomic E-state index is 0.0706. The summed E-state index contributed by atoms with van der Waals surface area (Å²) in [5, 5.41) is 2.39. The Hall–Kier alpha value is -3.95. The molecule has 1 N–H and O–H groups in total. The molecule has 3 heterocycles. The number of rotatable bonds is 11. The summed E-state index contributed by atoms with van der Waals surface area (Å²) in [6.07, 6.45) is -1.82. The number of carbonyl (C=O) groups excluding carboxylic acids is 3. The lowest BCUT2D eigenvalue weighted by molar-refractivity contribution is -0.151. The second-order valence-corrected chi connectivity index (χ2v) is 8.93. The average Bonchev–Trinajstić information content (AvgIpc) is 3.41. The number of nitrogens with zero attached hydrogens (tertiary/aromatic N) is 4. The Kier molecular flexibility index (Phi) is 6.99. The summed E-state index contributed by atoms with van der Waals surface area (Å²) in [6.45, 7) is 1.52. The summed E-state index contributed by atoms with van der Waals surface area (Å²) in [5.41, 5.74) is 1.28. The first-order valence-electron chi connectivity index (χ1n) is 10.1. The van der Waals surface area contributed by atoms with Gasteiger partial charge in [0.2, 0.25) is 6.41 Å². The number of benzene rings is 1. The molecule has 35 heavy (non-hydrogen) atoms. The minimum Gasteiger partial charge on any atom is -0.458 e. The number of hydrogen-bond donors (Lipinski definition) is 1. The first kappa shape index (κ1) is 24.2. The first-order valence-corrected chi connectivity index (χ1v) is 11.5. The fourth-order valence-electron chi connectivity index (χ4n) is 3.63. The number of imidazole rings is 1. The van der Waals surface area contributed by atoms with E-state index in [1.807, 2.05) is 0 Å². The van der Waals surface area contributed by atoms with Crippen LogP contribution in [0, 0.1) is 6.92 Å². The van der Waals surface area contributed by atoms with Crippen molar-refractivity contribution in [3.63, 3.8) is 0 Å². The van der Waals surface area contributed by atoms with Crippen molar-refractivity contribution in [3.8, 4) is 0 Å². The second-order valence-electron chi connectivity index (χ2n) is 7.32. The highest BCUT2D eigenvalue weighted by atomic mass is 32.2. The zero-order valence-electron chi connectivity index (χ0n) is 18.1. The lowest BCUT2D eigenvalue weighted by Gasteiger charge is -2.21. The number of aromatic nitrogens is 4. The van der Waals surface area contributed by atoms with Gasteiger partial charge in [-0.2, -0.15) is 8.42 Å². The Bertz CT molecular complexity index is 1330. The van der Waals surface area contributed by atoms with Gasteiger partial charge in [0.25, 0.3) is 23.1 Å². The molecule has 1 aromatic carbocycles. The third kappa shape index (κ3) is 4.82. The number of nitrogens with one attached hydrogen (secondary N) is 1. The summed E-state index contributed by atoms with van der Waals surface area (Å²) in [6, 6.07) is 6.01. The predicted molar refractivity (Wildman–Crippen MR) is 115 cm³/mol. The van der Waals surface area contributed by atoms with Crippen molar-refractivity contribution in [3.05, 3.63) is 42.5 Å². The van der Waals surface area contributed by atoms with Crippen molar-refractivity contribution in [2.45, 2.75) is 36.4 Å². The Morgan fingerprint density at radius 3 is 2.46 bits per heavy atom. The largest absolute Gasteiger partial charge is 0.458 e. The monoisotopic (exact) mass is 505 g/mol. The number of amides is 1. The van der Waals surface area contributed by atoms with E-state index in [4.69, 9.17) is 18.4 Å². The van der Waals surface area contributed by atoms with Gasteiger partial charge < -0.3 is 19.5 Å². The third-order valence-corrected chi connectivity index (χ3v) is 6.53. The molecule has 0 radical (unpaired) electrons. The van der Waals surface area contributed by atoms with Crippen LogP contribution < -0.4 is 5.32 Å². The van der Waals surface area contributed by atoms with Gasteiger partial charge in [-0.15, -0.1) is 0 Å². The van der Waals surface area contributed by atoms with E-state index < -0.39 is 41.3 Å². The minimum atomic E-state index is -4.17.